The maximum atomic E-state index is 14.0. The zero-order chi connectivity index (χ0) is 23.7. The van der Waals surface area contributed by atoms with E-state index >= 15 is 0 Å². The zero-order valence-corrected chi connectivity index (χ0v) is 20.2. The second kappa shape index (κ2) is 9.51. The van der Waals surface area contributed by atoms with Crippen molar-refractivity contribution < 1.29 is 4.79 Å². The van der Waals surface area contributed by atoms with Crippen LogP contribution in [0.4, 0.5) is 0 Å². The molecule has 1 aromatic heterocycles. The highest BCUT2D eigenvalue weighted by molar-refractivity contribution is 6.36. The number of benzene rings is 2. The first-order valence-electron chi connectivity index (χ1n) is 12.3. The van der Waals surface area contributed by atoms with Gasteiger partial charge < -0.3 is 10.2 Å². The Labute approximate surface area is 201 Å². The first-order valence-corrected chi connectivity index (χ1v) is 12.3. The predicted molar refractivity (Wildman–Crippen MR) is 139 cm³/mol. The number of aromatic nitrogens is 1. The highest BCUT2D eigenvalue weighted by Gasteiger charge is 2.38. The summed E-state index contributed by atoms with van der Waals surface area (Å²) in [4.78, 5) is 25.8. The smallest absolute Gasteiger partial charge is 0.175 e. The molecule has 5 nitrogen and oxygen atoms in total. The molecule has 0 aliphatic carbocycles. The fourth-order valence-electron chi connectivity index (χ4n) is 5.09. The average Bonchev–Trinajstić information content (AvgIpc) is 3.33. The quantitative estimate of drug-likeness (QED) is 0.579. The van der Waals surface area contributed by atoms with E-state index in [9.17, 15) is 4.79 Å². The van der Waals surface area contributed by atoms with E-state index in [1.54, 1.807) is 12.4 Å². The Morgan fingerprint density at radius 2 is 1.79 bits per heavy atom. The maximum Gasteiger partial charge on any atom is 0.175 e. The number of pyridine rings is 1. The molecule has 34 heavy (non-hydrogen) atoms. The Hall–Kier alpha value is -3.31. The molecule has 5 heteroatoms. The van der Waals surface area contributed by atoms with Gasteiger partial charge in [-0.1, -0.05) is 50.2 Å². The molecule has 2 aliphatic rings. The van der Waals surface area contributed by atoms with Gasteiger partial charge in [0.15, 0.2) is 5.78 Å². The summed E-state index contributed by atoms with van der Waals surface area (Å²) < 4.78 is 0. The summed E-state index contributed by atoms with van der Waals surface area (Å²) in [5.74, 6) is 0.746. The Bertz CT molecular complexity index is 1260. The van der Waals surface area contributed by atoms with E-state index in [2.05, 4.69) is 59.4 Å². The molecule has 5 rings (SSSR count). The van der Waals surface area contributed by atoms with Crippen molar-refractivity contribution in [3.05, 3.63) is 78.1 Å². The molecular weight excluding hydrogens is 420 g/mol. The molecule has 1 saturated heterocycles. The van der Waals surface area contributed by atoms with Crippen molar-refractivity contribution in [3.63, 3.8) is 0 Å². The van der Waals surface area contributed by atoms with Crippen molar-refractivity contribution in [1.82, 2.24) is 15.2 Å². The zero-order valence-electron chi connectivity index (χ0n) is 20.2. The van der Waals surface area contributed by atoms with Crippen LogP contribution in [0.25, 0.3) is 22.0 Å². The number of amidine groups is 1. The number of hydrogen-bond donors (Lipinski definition) is 1. The molecule has 2 unspecified atom stereocenters. The normalized spacial score (nSPS) is 21.0. The highest BCUT2D eigenvalue weighted by atomic mass is 16.1. The third kappa shape index (κ3) is 4.28. The molecule has 1 N–H and O–H groups in total. The molecule has 2 aromatic carbocycles. The first kappa shape index (κ1) is 22.5. The van der Waals surface area contributed by atoms with Crippen molar-refractivity contribution in [3.8, 4) is 0 Å². The van der Waals surface area contributed by atoms with Gasteiger partial charge in [0.25, 0.3) is 0 Å². The lowest BCUT2D eigenvalue weighted by atomic mass is 9.86. The van der Waals surface area contributed by atoms with Gasteiger partial charge in [-0.05, 0) is 54.3 Å². The predicted octanol–water partition coefficient (Wildman–Crippen LogP) is 5.18. The van der Waals surface area contributed by atoms with Gasteiger partial charge in [-0.2, -0.15) is 0 Å². The summed E-state index contributed by atoms with van der Waals surface area (Å²) in [5, 5.41) is 5.86. The van der Waals surface area contributed by atoms with Crippen LogP contribution in [-0.4, -0.2) is 46.7 Å². The Kier molecular flexibility index (Phi) is 6.29. The molecule has 1 fully saturated rings. The van der Waals surface area contributed by atoms with Gasteiger partial charge in [0.05, 0.1) is 17.2 Å². The maximum absolute atomic E-state index is 14.0. The number of rotatable bonds is 5. The standard InChI is InChI=1S/C29H32N4O/c1-19(2)31-18-25-9-6-16-33(25)29-20(3)28(34)26(27(32-29)22-12-14-30-15-13-22)24-11-10-21-7-4-5-8-23(21)17-24/h4-5,7-8,10-15,17,19-20,25,31H,6,9,16,18H2,1-3H3. The van der Waals surface area contributed by atoms with E-state index in [4.69, 9.17) is 4.99 Å². The number of likely N-dealkylation sites (tertiary alicyclic amines) is 1. The molecule has 3 heterocycles. The number of hydrogen-bond acceptors (Lipinski definition) is 5. The van der Waals surface area contributed by atoms with Crippen molar-refractivity contribution in [2.24, 2.45) is 10.9 Å². The number of nitrogens with zero attached hydrogens (tertiary/aromatic N) is 3. The molecule has 0 radical (unpaired) electrons. The van der Waals surface area contributed by atoms with Gasteiger partial charge in [-0.25, -0.2) is 4.99 Å². The molecule has 2 aliphatic heterocycles. The highest BCUT2D eigenvalue weighted by Crippen LogP contribution is 2.37. The van der Waals surface area contributed by atoms with E-state index in [1.807, 2.05) is 31.2 Å². The van der Waals surface area contributed by atoms with Gasteiger partial charge in [-0.3, -0.25) is 9.78 Å². The summed E-state index contributed by atoms with van der Waals surface area (Å²) in [5.41, 5.74) is 3.29. The van der Waals surface area contributed by atoms with Crippen LogP contribution in [0.5, 0.6) is 0 Å². The SMILES string of the molecule is CC(C)NCC1CCCN1C1=NC(c2ccncc2)=C(c2ccc3ccccc3c2)C(=O)C1C. The summed E-state index contributed by atoms with van der Waals surface area (Å²) >= 11 is 0. The van der Waals surface area contributed by atoms with Crippen LogP contribution in [0.2, 0.25) is 0 Å². The van der Waals surface area contributed by atoms with Crippen LogP contribution in [-0.2, 0) is 4.79 Å². The van der Waals surface area contributed by atoms with Crippen LogP contribution >= 0.6 is 0 Å². The second-order valence-corrected chi connectivity index (χ2v) is 9.63. The van der Waals surface area contributed by atoms with Crippen molar-refractivity contribution in [2.75, 3.05) is 13.1 Å². The monoisotopic (exact) mass is 452 g/mol. The van der Waals surface area contributed by atoms with Crippen LogP contribution in [0.1, 0.15) is 44.7 Å². The lowest BCUT2D eigenvalue weighted by Crippen LogP contribution is -2.47. The number of aliphatic imine (C=N–C) groups is 1. The van der Waals surface area contributed by atoms with E-state index in [1.165, 1.54) is 0 Å². The first-order chi connectivity index (χ1) is 16.5. The van der Waals surface area contributed by atoms with Crippen LogP contribution in [0.3, 0.4) is 0 Å². The summed E-state index contributed by atoms with van der Waals surface area (Å²) in [6.45, 7) is 8.20. The number of carbonyl (C=O) groups excluding carboxylic acids is 1. The van der Waals surface area contributed by atoms with E-state index in [0.29, 0.717) is 17.7 Å². The molecule has 3 aromatic rings. The lowest BCUT2D eigenvalue weighted by molar-refractivity contribution is -0.115. The molecular formula is C29H32N4O. The van der Waals surface area contributed by atoms with Crippen LogP contribution < -0.4 is 5.32 Å². The van der Waals surface area contributed by atoms with Gasteiger partial charge in [0.2, 0.25) is 0 Å². The number of allylic oxidation sites excluding steroid dienone is 1. The Balaban J connectivity index is 1.64. The van der Waals surface area contributed by atoms with Crippen molar-refractivity contribution >= 4 is 33.7 Å². The Morgan fingerprint density at radius 3 is 2.56 bits per heavy atom. The van der Waals surface area contributed by atoms with Gasteiger partial charge >= 0.3 is 0 Å². The fraction of sp³-hybridized carbons (Fsp3) is 0.345. The number of ketones is 1. The molecule has 0 bridgehead atoms. The average molecular weight is 453 g/mol. The fourth-order valence-corrected chi connectivity index (χ4v) is 5.09. The third-order valence-corrected chi connectivity index (χ3v) is 6.92. The summed E-state index contributed by atoms with van der Waals surface area (Å²) in [7, 11) is 0. The van der Waals surface area contributed by atoms with E-state index < -0.39 is 0 Å². The topological polar surface area (TPSA) is 57.6 Å². The van der Waals surface area contributed by atoms with Crippen LogP contribution in [0, 0.1) is 5.92 Å². The largest absolute Gasteiger partial charge is 0.355 e. The van der Waals surface area contributed by atoms with Crippen LogP contribution in [0.15, 0.2) is 72.0 Å². The lowest BCUT2D eigenvalue weighted by Gasteiger charge is -2.34. The molecule has 0 amide bonds. The number of fused-ring (bicyclic) bond motifs is 1. The minimum atomic E-state index is -0.285. The molecule has 0 spiro atoms. The second-order valence-electron chi connectivity index (χ2n) is 9.63. The summed E-state index contributed by atoms with van der Waals surface area (Å²) in [6, 6.07) is 19.2. The molecule has 0 saturated carbocycles. The van der Waals surface area contributed by atoms with Gasteiger partial charge in [-0.15, -0.1) is 0 Å². The number of carbonyl (C=O) groups is 1. The van der Waals surface area contributed by atoms with Gasteiger partial charge in [0, 0.05) is 43.1 Å². The number of nitrogens with one attached hydrogen (secondary N) is 1. The van der Waals surface area contributed by atoms with E-state index in [-0.39, 0.29) is 11.7 Å². The summed E-state index contributed by atoms with van der Waals surface area (Å²) in [6.07, 6.45) is 5.77. The third-order valence-electron chi connectivity index (χ3n) is 6.92. The Morgan fingerprint density at radius 1 is 1.03 bits per heavy atom. The minimum Gasteiger partial charge on any atom is -0.355 e. The number of Topliss-reactive ketones (excluding diaryl/α,β-unsaturated/α-hetero) is 1. The minimum absolute atomic E-state index is 0.134. The van der Waals surface area contributed by atoms with Crippen molar-refractivity contribution in [1.29, 1.82) is 0 Å². The van der Waals surface area contributed by atoms with Gasteiger partial charge in [0.1, 0.15) is 5.84 Å². The molecule has 2 atom stereocenters. The van der Waals surface area contributed by atoms with Crippen molar-refractivity contribution in [2.45, 2.75) is 45.7 Å². The molecule has 174 valence electrons. The van der Waals surface area contributed by atoms with E-state index in [0.717, 1.165) is 59.4 Å².